The summed E-state index contributed by atoms with van der Waals surface area (Å²) in [5.41, 5.74) is 5.14. The van der Waals surface area contributed by atoms with Gasteiger partial charge in [0.05, 0.1) is 0 Å². The molecule has 0 unspecified atom stereocenters. The Balaban J connectivity index is 2.65. The lowest BCUT2D eigenvalue weighted by Crippen LogP contribution is -2.35. The molecule has 1 rings (SSSR count). The fraction of sp³-hybridized carbons (Fsp3) is 0.583. The lowest BCUT2D eigenvalue weighted by molar-refractivity contribution is -0.115. The van der Waals surface area contributed by atoms with Crippen molar-refractivity contribution in [3.05, 3.63) is 11.8 Å². The van der Waals surface area contributed by atoms with Gasteiger partial charge in [-0.3, -0.25) is 15.0 Å². The Morgan fingerprint density at radius 2 is 2.26 bits per heavy atom. The Morgan fingerprint density at radius 3 is 2.74 bits per heavy atom. The van der Waals surface area contributed by atoms with Gasteiger partial charge in [-0.1, -0.05) is 25.9 Å². The molecule has 0 aliphatic carbocycles. The van der Waals surface area contributed by atoms with Gasteiger partial charge in [0.1, 0.15) is 5.76 Å². The Bertz CT molecular complexity index is 436. The number of carbonyl (C=O) groups is 2. The lowest BCUT2D eigenvalue weighted by atomic mass is 9.93. The molecule has 0 aromatic carbocycles. The van der Waals surface area contributed by atoms with Crippen molar-refractivity contribution in [2.75, 3.05) is 18.4 Å². The van der Waals surface area contributed by atoms with Crippen molar-refractivity contribution in [1.29, 1.82) is 0 Å². The van der Waals surface area contributed by atoms with E-state index in [4.69, 9.17) is 10.3 Å². The third kappa shape index (κ3) is 4.36. The van der Waals surface area contributed by atoms with Gasteiger partial charge >= 0.3 is 6.03 Å². The van der Waals surface area contributed by atoms with Gasteiger partial charge in [0.25, 0.3) is 0 Å². The van der Waals surface area contributed by atoms with Crippen molar-refractivity contribution >= 4 is 18.3 Å². The molecule has 106 valence electrons. The Hall–Kier alpha value is -1.89. The zero-order valence-electron chi connectivity index (χ0n) is 11.5. The molecule has 0 aliphatic rings. The predicted molar refractivity (Wildman–Crippen MR) is 70.7 cm³/mol. The number of urea groups is 1. The molecule has 19 heavy (non-hydrogen) atoms. The Kier molecular flexibility index (Phi) is 5.05. The molecule has 0 saturated carbocycles. The van der Waals surface area contributed by atoms with Crippen LogP contribution in [-0.2, 0) is 10.2 Å². The van der Waals surface area contributed by atoms with Gasteiger partial charge in [-0.25, -0.2) is 4.79 Å². The number of amides is 3. The number of hydrogen-bond acceptors (Lipinski definition) is 5. The maximum atomic E-state index is 11.8. The van der Waals surface area contributed by atoms with Gasteiger partial charge in [0.15, 0.2) is 5.82 Å². The highest BCUT2D eigenvalue weighted by atomic mass is 16.5. The topological polar surface area (TPSA) is 101 Å². The molecule has 7 nitrogen and oxygen atoms in total. The zero-order chi connectivity index (χ0) is 14.5. The van der Waals surface area contributed by atoms with Crippen LogP contribution in [0.25, 0.3) is 0 Å². The van der Waals surface area contributed by atoms with Crippen LogP contribution in [0.4, 0.5) is 10.6 Å². The highest BCUT2D eigenvalue weighted by Crippen LogP contribution is 2.24. The zero-order valence-corrected chi connectivity index (χ0v) is 11.5. The summed E-state index contributed by atoms with van der Waals surface area (Å²) in [6, 6.07) is 1.10. The first-order chi connectivity index (χ1) is 8.88. The van der Waals surface area contributed by atoms with Crippen LogP contribution in [0.5, 0.6) is 0 Å². The lowest BCUT2D eigenvalue weighted by Gasteiger charge is -2.14. The third-order valence-corrected chi connectivity index (χ3v) is 2.48. The summed E-state index contributed by atoms with van der Waals surface area (Å²) in [4.78, 5) is 23.6. The van der Waals surface area contributed by atoms with Crippen LogP contribution in [-0.4, -0.2) is 35.6 Å². The number of anilines is 1. The Morgan fingerprint density at radius 1 is 1.58 bits per heavy atom. The number of aromatic nitrogens is 1. The normalized spacial score (nSPS) is 11.2. The first-order valence-corrected chi connectivity index (χ1v) is 6.08. The summed E-state index contributed by atoms with van der Waals surface area (Å²) in [6.45, 7) is 6.60. The van der Waals surface area contributed by atoms with E-state index in [0.717, 1.165) is 4.90 Å². The second-order valence-corrected chi connectivity index (χ2v) is 5.20. The van der Waals surface area contributed by atoms with Crippen LogP contribution < -0.4 is 11.1 Å². The molecular weight excluding hydrogens is 248 g/mol. The molecule has 0 aliphatic heterocycles. The van der Waals surface area contributed by atoms with E-state index in [-0.39, 0.29) is 17.8 Å². The summed E-state index contributed by atoms with van der Waals surface area (Å²) < 4.78 is 5.13. The van der Waals surface area contributed by atoms with Crippen LogP contribution >= 0.6 is 0 Å². The molecule has 0 atom stereocenters. The van der Waals surface area contributed by atoms with Crippen molar-refractivity contribution in [2.45, 2.75) is 32.6 Å². The van der Waals surface area contributed by atoms with Crippen molar-refractivity contribution < 1.29 is 14.1 Å². The largest absolute Gasteiger partial charge is 0.359 e. The van der Waals surface area contributed by atoms with Gasteiger partial charge in [-0.2, -0.15) is 0 Å². The van der Waals surface area contributed by atoms with Crippen LogP contribution in [0.1, 0.15) is 33.0 Å². The first kappa shape index (κ1) is 15.2. The Labute approximate surface area is 112 Å². The van der Waals surface area contributed by atoms with E-state index >= 15 is 0 Å². The van der Waals surface area contributed by atoms with Crippen molar-refractivity contribution in [3.8, 4) is 0 Å². The molecule has 3 N–H and O–H groups in total. The SMILES string of the molecule is CC(C)(C)c1cc(NC(=O)N(C=O)CCCN)no1. The molecule has 0 radical (unpaired) electrons. The molecule has 0 saturated heterocycles. The average Bonchev–Trinajstić information content (AvgIpc) is 2.78. The fourth-order valence-corrected chi connectivity index (χ4v) is 1.33. The number of nitrogens with one attached hydrogen (secondary N) is 1. The van der Waals surface area contributed by atoms with E-state index in [1.807, 2.05) is 20.8 Å². The monoisotopic (exact) mass is 268 g/mol. The predicted octanol–water partition coefficient (Wildman–Crippen LogP) is 1.31. The standard InChI is InChI=1S/C12H20N4O3/c1-12(2,3)9-7-10(15-19-9)14-11(18)16(8-17)6-4-5-13/h7-8H,4-6,13H2,1-3H3,(H,14,15,18). The van der Waals surface area contributed by atoms with E-state index < -0.39 is 6.03 Å². The maximum Gasteiger partial charge on any atom is 0.329 e. The molecule has 1 aromatic heterocycles. The van der Waals surface area contributed by atoms with Gasteiger partial charge in [0.2, 0.25) is 6.41 Å². The van der Waals surface area contributed by atoms with Crippen LogP contribution in [0.3, 0.4) is 0 Å². The minimum absolute atomic E-state index is 0.195. The first-order valence-electron chi connectivity index (χ1n) is 6.08. The number of nitrogens with two attached hydrogens (primary N) is 1. The number of imide groups is 1. The van der Waals surface area contributed by atoms with Gasteiger partial charge in [-0.15, -0.1) is 0 Å². The van der Waals surface area contributed by atoms with E-state index in [2.05, 4.69) is 10.5 Å². The molecule has 1 aromatic rings. The summed E-state index contributed by atoms with van der Waals surface area (Å²) in [6.07, 6.45) is 1.02. The highest BCUT2D eigenvalue weighted by Gasteiger charge is 2.21. The quantitative estimate of drug-likeness (QED) is 0.784. The van der Waals surface area contributed by atoms with Crippen molar-refractivity contribution in [2.24, 2.45) is 5.73 Å². The summed E-state index contributed by atoms with van der Waals surface area (Å²) in [5.74, 6) is 0.942. The van der Waals surface area contributed by atoms with E-state index in [1.165, 1.54) is 0 Å². The summed E-state index contributed by atoms with van der Waals surface area (Å²) >= 11 is 0. The van der Waals surface area contributed by atoms with Crippen LogP contribution in [0.2, 0.25) is 0 Å². The molecule has 3 amide bonds. The molecule has 0 spiro atoms. The number of nitrogens with zero attached hydrogens (tertiary/aromatic N) is 2. The number of rotatable bonds is 5. The average molecular weight is 268 g/mol. The van der Waals surface area contributed by atoms with Crippen molar-refractivity contribution in [1.82, 2.24) is 10.1 Å². The van der Waals surface area contributed by atoms with Gasteiger partial charge in [-0.05, 0) is 13.0 Å². The minimum Gasteiger partial charge on any atom is -0.359 e. The number of hydrogen-bond donors (Lipinski definition) is 2. The molecule has 7 heteroatoms. The minimum atomic E-state index is -0.544. The highest BCUT2D eigenvalue weighted by molar-refractivity contribution is 5.94. The third-order valence-electron chi connectivity index (χ3n) is 2.48. The molecule has 0 bridgehead atoms. The second kappa shape index (κ2) is 6.33. The second-order valence-electron chi connectivity index (χ2n) is 5.20. The fourth-order valence-electron chi connectivity index (χ4n) is 1.33. The molecule has 1 heterocycles. The van der Waals surface area contributed by atoms with E-state index in [0.29, 0.717) is 25.1 Å². The van der Waals surface area contributed by atoms with E-state index in [1.54, 1.807) is 6.07 Å². The van der Waals surface area contributed by atoms with Gasteiger partial charge in [0, 0.05) is 18.0 Å². The maximum absolute atomic E-state index is 11.8. The van der Waals surface area contributed by atoms with Gasteiger partial charge < -0.3 is 10.3 Å². The number of carbonyl (C=O) groups excluding carboxylic acids is 2. The summed E-state index contributed by atoms with van der Waals surface area (Å²) in [7, 11) is 0. The van der Waals surface area contributed by atoms with E-state index in [9.17, 15) is 9.59 Å². The molecule has 0 fully saturated rings. The molecular formula is C12H20N4O3. The van der Waals surface area contributed by atoms with Crippen LogP contribution in [0, 0.1) is 0 Å². The van der Waals surface area contributed by atoms with Crippen LogP contribution in [0.15, 0.2) is 10.6 Å². The summed E-state index contributed by atoms with van der Waals surface area (Å²) in [5, 5.41) is 6.25. The van der Waals surface area contributed by atoms with Crippen molar-refractivity contribution in [3.63, 3.8) is 0 Å². The smallest absolute Gasteiger partial charge is 0.329 e.